The number of ether oxygens (including phenoxy) is 1. The summed E-state index contributed by atoms with van der Waals surface area (Å²) in [6, 6.07) is 4.91. The summed E-state index contributed by atoms with van der Waals surface area (Å²) in [5.74, 6) is -0.685. The zero-order chi connectivity index (χ0) is 18.1. The Kier molecular flexibility index (Phi) is 4.37. The SMILES string of the molecule is CCOC(=O)c1cc2c(=O)n3cccc(C)c3nc2n(CCO)c1=N. The van der Waals surface area contributed by atoms with Gasteiger partial charge in [-0.05, 0) is 31.5 Å². The third-order valence-corrected chi connectivity index (χ3v) is 3.95. The number of nitrogens with zero attached hydrogens (tertiary/aromatic N) is 3. The van der Waals surface area contributed by atoms with Crippen LogP contribution in [0.4, 0.5) is 0 Å². The predicted molar refractivity (Wildman–Crippen MR) is 90.6 cm³/mol. The number of hydrogen-bond donors (Lipinski definition) is 2. The Bertz CT molecular complexity index is 1100. The molecular formula is C17H18N4O4. The lowest BCUT2D eigenvalue weighted by Crippen LogP contribution is -2.31. The Morgan fingerprint density at radius 2 is 2.16 bits per heavy atom. The fraction of sp³-hybridized carbons (Fsp3) is 0.294. The van der Waals surface area contributed by atoms with Crippen molar-refractivity contribution in [3.05, 3.63) is 51.4 Å². The minimum atomic E-state index is -0.685. The third-order valence-electron chi connectivity index (χ3n) is 3.95. The summed E-state index contributed by atoms with van der Waals surface area (Å²) in [4.78, 5) is 29.5. The van der Waals surface area contributed by atoms with Gasteiger partial charge in [-0.2, -0.15) is 0 Å². The van der Waals surface area contributed by atoms with Gasteiger partial charge in [0, 0.05) is 12.7 Å². The van der Waals surface area contributed by atoms with E-state index in [0.29, 0.717) is 5.65 Å². The first-order valence-corrected chi connectivity index (χ1v) is 7.87. The molecule has 25 heavy (non-hydrogen) atoms. The molecule has 0 amide bonds. The standard InChI is InChI=1S/C17H18N4O4/c1-3-25-17(24)11-9-12-15(20(7-8-22)13(11)18)19-14-10(2)5-4-6-21(14)16(12)23/h4-6,9,18,22H,3,7-8H2,1-2H3. The van der Waals surface area contributed by atoms with Crippen LogP contribution in [-0.2, 0) is 11.3 Å². The maximum atomic E-state index is 12.9. The molecule has 0 aliphatic carbocycles. The minimum absolute atomic E-state index is 0.0331. The Morgan fingerprint density at radius 1 is 1.40 bits per heavy atom. The van der Waals surface area contributed by atoms with Gasteiger partial charge in [0.2, 0.25) is 0 Å². The summed E-state index contributed by atoms with van der Waals surface area (Å²) < 4.78 is 7.73. The minimum Gasteiger partial charge on any atom is -0.462 e. The van der Waals surface area contributed by atoms with Gasteiger partial charge in [-0.25, -0.2) is 9.78 Å². The van der Waals surface area contributed by atoms with Crippen LogP contribution in [0.2, 0.25) is 0 Å². The van der Waals surface area contributed by atoms with E-state index in [4.69, 9.17) is 10.1 Å². The maximum Gasteiger partial charge on any atom is 0.341 e. The third kappa shape index (κ3) is 2.70. The van der Waals surface area contributed by atoms with E-state index in [0.717, 1.165) is 5.56 Å². The van der Waals surface area contributed by atoms with Gasteiger partial charge < -0.3 is 14.4 Å². The Balaban J connectivity index is 2.49. The number of rotatable bonds is 4. The molecule has 3 heterocycles. The number of esters is 1. The second kappa shape index (κ2) is 6.48. The molecule has 8 nitrogen and oxygen atoms in total. The van der Waals surface area contributed by atoms with Crippen LogP contribution in [0.5, 0.6) is 0 Å². The molecule has 2 N–H and O–H groups in total. The fourth-order valence-corrected chi connectivity index (χ4v) is 2.78. The zero-order valence-electron chi connectivity index (χ0n) is 13.9. The highest BCUT2D eigenvalue weighted by atomic mass is 16.5. The molecular weight excluding hydrogens is 324 g/mol. The van der Waals surface area contributed by atoms with Crippen molar-refractivity contribution in [2.75, 3.05) is 13.2 Å². The molecule has 8 heteroatoms. The van der Waals surface area contributed by atoms with Crippen molar-refractivity contribution in [1.82, 2.24) is 14.0 Å². The van der Waals surface area contributed by atoms with E-state index in [1.165, 1.54) is 15.0 Å². The van der Waals surface area contributed by atoms with Crippen LogP contribution in [0.15, 0.2) is 29.2 Å². The van der Waals surface area contributed by atoms with Gasteiger partial charge in [0.05, 0.1) is 18.6 Å². The molecule has 0 fully saturated rings. The molecule has 0 aromatic carbocycles. The lowest BCUT2D eigenvalue weighted by molar-refractivity contribution is 0.0523. The van der Waals surface area contributed by atoms with E-state index in [-0.39, 0.29) is 47.4 Å². The Labute approximate surface area is 142 Å². The Hall–Kier alpha value is -3.00. The van der Waals surface area contributed by atoms with E-state index in [1.807, 2.05) is 13.0 Å². The highest BCUT2D eigenvalue weighted by Gasteiger charge is 2.18. The van der Waals surface area contributed by atoms with Crippen LogP contribution >= 0.6 is 0 Å². The van der Waals surface area contributed by atoms with Crippen LogP contribution in [0.25, 0.3) is 16.7 Å². The highest BCUT2D eigenvalue weighted by Crippen LogP contribution is 2.13. The molecule has 0 saturated heterocycles. The fourth-order valence-electron chi connectivity index (χ4n) is 2.78. The van der Waals surface area contributed by atoms with Crippen LogP contribution in [0, 0.1) is 12.3 Å². The molecule has 0 saturated carbocycles. The zero-order valence-corrected chi connectivity index (χ0v) is 13.9. The van der Waals surface area contributed by atoms with E-state index in [9.17, 15) is 14.7 Å². The first-order chi connectivity index (χ1) is 12.0. The molecule has 0 unspecified atom stereocenters. The van der Waals surface area contributed by atoms with Gasteiger partial charge in [0.25, 0.3) is 5.56 Å². The van der Waals surface area contributed by atoms with Gasteiger partial charge in [0.15, 0.2) is 0 Å². The number of aliphatic hydroxyl groups is 1. The summed E-state index contributed by atoms with van der Waals surface area (Å²) in [7, 11) is 0. The number of nitrogens with one attached hydrogen (secondary N) is 1. The number of aliphatic hydroxyl groups excluding tert-OH is 1. The molecule has 130 valence electrons. The van der Waals surface area contributed by atoms with Crippen molar-refractivity contribution >= 4 is 22.6 Å². The highest BCUT2D eigenvalue weighted by molar-refractivity contribution is 5.93. The molecule has 3 rings (SSSR count). The van der Waals surface area contributed by atoms with Crippen LogP contribution in [0.3, 0.4) is 0 Å². The lowest BCUT2D eigenvalue weighted by atomic mass is 10.2. The van der Waals surface area contributed by atoms with E-state index in [1.54, 1.807) is 19.2 Å². The molecule has 3 aromatic heterocycles. The average Bonchev–Trinajstić information content (AvgIpc) is 2.59. The van der Waals surface area contributed by atoms with Crippen molar-refractivity contribution in [2.45, 2.75) is 20.4 Å². The van der Waals surface area contributed by atoms with Crippen LogP contribution in [-0.4, -0.2) is 38.2 Å². The van der Waals surface area contributed by atoms with Gasteiger partial charge >= 0.3 is 5.97 Å². The maximum absolute atomic E-state index is 12.9. The largest absolute Gasteiger partial charge is 0.462 e. The summed E-state index contributed by atoms with van der Waals surface area (Å²) >= 11 is 0. The first kappa shape index (κ1) is 16.8. The lowest BCUT2D eigenvalue weighted by Gasteiger charge is -2.13. The van der Waals surface area contributed by atoms with E-state index >= 15 is 0 Å². The molecule has 0 aliphatic heterocycles. The summed E-state index contributed by atoms with van der Waals surface area (Å²) in [6.07, 6.45) is 1.60. The summed E-state index contributed by atoms with van der Waals surface area (Å²) in [6.45, 7) is 3.43. The van der Waals surface area contributed by atoms with Crippen molar-refractivity contribution in [2.24, 2.45) is 0 Å². The van der Waals surface area contributed by atoms with Crippen molar-refractivity contribution in [3.63, 3.8) is 0 Å². The monoisotopic (exact) mass is 342 g/mol. The van der Waals surface area contributed by atoms with Gasteiger partial charge in [-0.15, -0.1) is 0 Å². The van der Waals surface area contributed by atoms with Crippen molar-refractivity contribution < 1.29 is 14.6 Å². The predicted octanol–water partition coefficient (Wildman–Crippen LogP) is 0.606. The number of aryl methyl sites for hydroxylation is 1. The molecule has 0 spiro atoms. The number of pyridine rings is 2. The van der Waals surface area contributed by atoms with Gasteiger partial charge in [-0.3, -0.25) is 14.6 Å². The van der Waals surface area contributed by atoms with Crippen molar-refractivity contribution in [3.8, 4) is 0 Å². The van der Waals surface area contributed by atoms with Gasteiger partial charge in [0.1, 0.15) is 22.3 Å². The van der Waals surface area contributed by atoms with Gasteiger partial charge in [-0.1, -0.05) is 6.07 Å². The van der Waals surface area contributed by atoms with Crippen molar-refractivity contribution in [1.29, 1.82) is 5.41 Å². The average molecular weight is 342 g/mol. The number of aromatic nitrogens is 3. The summed E-state index contributed by atoms with van der Waals surface area (Å²) in [5, 5.41) is 17.8. The molecule has 3 aromatic rings. The topological polar surface area (TPSA) is 110 Å². The molecule has 0 aliphatic rings. The Morgan fingerprint density at radius 3 is 2.84 bits per heavy atom. The summed E-state index contributed by atoms with van der Waals surface area (Å²) in [5.41, 5.74) is 1.000. The molecule has 0 atom stereocenters. The number of carbonyl (C=O) groups excluding carboxylic acids is 1. The van der Waals surface area contributed by atoms with E-state index in [2.05, 4.69) is 4.98 Å². The number of hydrogen-bond acceptors (Lipinski definition) is 6. The second-order valence-corrected chi connectivity index (χ2v) is 5.54. The number of carbonyl (C=O) groups is 1. The smallest absolute Gasteiger partial charge is 0.341 e. The first-order valence-electron chi connectivity index (χ1n) is 7.87. The normalized spacial score (nSPS) is 11.2. The van der Waals surface area contributed by atoms with Crippen LogP contribution in [0.1, 0.15) is 22.8 Å². The molecule has 0 bridgehead atoms. The van der Waals surface area contributed by atoms with Crippen LogP contribution < -0.4 is 11.0 Å². The quantitative estimate of drug-likeness (QED) is 0.533. The number of fused-ring (bicyclic) bond motifs is 2. The molecule has 0 radical (unpaired) electrons. The second-order valence-electron chi connectivity index (χ2n) is 5.54. The van der Waals surface area contributed by atoms with E-state index < -0.39 is 5.97 Å².